The first kappa shape index (κ1) is 17.8. The summed E-state index contributed by atoms with van der Waals surface area (Å²) >= 11 is 0. The van der Waals surface area contributed by atoms with Crippen LogP contribution < -0.4 is 11.1 Å². The van der Waals surface area contributed by atoms with E-state index in [0.717, 1.165) is 11.1 Å². The molecule has 0 aliphatic heterocycles. The number of hydrogen-bond acceptors (Lipinski definition) is 3. The van der Waals surface area contributed by atoms with Crippen molar-refractivity contribution < 1.29 is 13.9 Å². The van der Waals surface area contributed by atoms with Crippen molar-refractivity contribution in [1.29, 1.82) is 0 Å². The molecule has 19 heavy (non-hydrogen) atoms. The highest BCUT2D eigenvalue weighted by atomic mass is 35.5. The fourth-order valence-electron chi connectivity index (χ4n) is 1.65. The number of carbonyl (C=O) groups excluding carboxylic acids is 1. The molecule has 0 radical (unpaired) electrons. The number of ether oxygens (including phenoxy) is 1. The van der Waals surface area contributed by atoms with Gasteiger partial charge in [-0.2, -0.15) is 0 Å². The molecule has 0 fully saturated rings. The van der Waals surface area contributed by atoms with E-state index in [4.69, 9.17) is 10.5 Å². The van der Waals surface area contributed by atoms with Gasteiger partial charge in [0.1, 0.15) is 11.9 Å². The maximum absolute atomic E-state index is 12.9. The maximum Gasteiger partial charge on any atom is 0.239 e. The number of rotatable bonds is 6. The number of benzene rings is 1. The summed E-state index contributed by atoms with van der Waals surface area (Å²) in [6.07, 6.45) is 0.650. The van der Waals surface area contributed by atoms with Crippen LogP contribution in [0, 0.1) is 12.7 Å². The van der Waals surface area contributed by atoms with E-state index in [1.54, 1.807) is 6.07 Å². The van der Waals surface area contributed by atoms with Crippen LogP contribution in [0.5, 0.6) is 0 Å². The fraction of sp³-hybridized carbons (Fsp3) is 0.462. The molecule has 1 amide bonds. The molecule has 1 rings (SSSR count). The summed E-state index contributed by atoms with van der Waals surface area (Å²) in [6.45, 7) is 2.51. The molecule has 1 unspecified atom stereocenters. The Bertz CT molecular complexity index is 416. The van der Waals surface area contributed by atoms with Crippen molar-refractivity contribution in [2.45, 2.75) is 19.4 Å². The lowest BCUT2D eigenvalue weighted by Gasteiger charge is -2.11. The molecule has 0 aliphatic rings. The normalized spacial score (nSPS) is 11.6. The molecular formula is C13H20ClFN2O2. The minimum Gasteiger partial charge on any atom is -0.383 e. The van der Waals surface area contributed by atoms with E-state index < -0.39 is 6.04 Å². The molecule has 6 heteroatoms. The first-order valence-corrected chi connectivity index (χ1v) is 5.82. The maximum atomic E-state index is 12.9. The fourth-order valence-corrected chi connectivity index (χ4v) is 1.65. The Morgan fingerprint density at radius 3 is 2.79 bits per heavy atom. The number of methoxy groups -OCH3 is 1. The third kappa shape index (κ3) is 6.00. The van der Waals surface area contributed by atoms with Crippen molar-refractivity contribution in [2.75, 3.05) is 20.3 Å². The van der Waals surface area contributed by atoms with Gasteiger partial charge in [-0.25, -0.2) is 4.39 Å². The molecule has 4 nitrogen and oxygen atoms in total. The van der Waals surface area contributed by atoms with Crippen LogP contribution in [0.25, 0.3) is 0 Å². The van der Waals surface area contributed by atoms with E-state index >= 15 is 0 Å². The van der Waals surface area contributed by atoms with Gasteiger partial charge in [0.15, 0.2) is 0 Å². The van der Waals surface area contributed by atoms with Gasteiger partial charge in [0.2, 0.25) is 5.91 Å². The second-order valence-electron chi connectivity index (χ2n) is 4.17. The number of hydrogen-bond donors (Lipinski definition) is 2. The van der Waals surface area contributed by atoms with Gasteiger partial charge in [-0.1, -0.05) is 6.07 Å². The van der Waals surface area contributed by atoms with Crippen molar-refractivity contribution in [3.05, 3.63) is 35.1 Å². The quantitative estimate of drug-likeness (QED) is 0.827. The van der Waals surface area contributed by atoms with E-state index in [1.165, 1.54) is 19.2 Å². The topological polar surface area (TPSA) is 64.3 Å². The van der Waals surface area contributed by atoms with Gasteiger partial charge in [-0.05, 0) is 36.6 Å². The van der Waals surface area contributed by atoms with Gasteiger partial charge >= 0.3 is 0 Å². The second kappa shape index (κ2) is 8.85. The predicted octanol–water partition coefficient (Wildman–Crippen LogP) is 1.19. The summed E-state index contributed by atoms with van der Waals surface area (Å²) in [5.41, 5.74) is 7.46. The Morgan fingerprint density at radius 1 is 1.53 bits per heavy atom. The van der Waals surface area contributed by atoms with Gasteiger partial charge < -0.3 is 15.8 Å². The first-order valence-electron chi connectivity index (χ1n) is 5.82. The van der Waals surface area contributed by atoms with E-state index in [-0.39, 0.29) is 30.7 Å². The minimum atomic E-state index is -0.649. The van der Waals surface area contributed by atoms with E-state index in [1.807, 2.05) is 6.92 Å². The molecule has 3 N–H and O–H groups in total. The summed E-state index contributed by atoms with van der Waals surface area (Å²) in [6, 6.07) is 3.98. The molecule has 0 saturated carbocycles. The Morgan fingerprint density at radius 2 is 2.21 bits per heavy atom. The van der Waals surface area contributed by atoms with E-state index in [2.05, 4.69) is 5.32 Å². The van der Waals surface area contributed by atoms with Crippen molar-refractivity contribution in [2.24, 2.45) is 5.73 Å². The average molecular weight is 291 g/mol. The third-order valence-electron chi connectivity index (χ3n) is 2.68. The van der Waals surface area contributed by atoms with Crippen LogP contribution in [0.1, 0.15) is 11.1 Å². The highest BCUT2D eigenvalue weighted by Crippen LogP contribution is 2.10. The minimum absolute atomic E-state index is 0. The van der Waals surface area contributed by atoms with Crippen molar-refractivity contribution in [3.8, 4) is 0 Å². The average Bonchev–Trinajstić information content (AvgIpc) is 2.32. The Kier molecular flexibility index (Phi) is 8.30. The molecule has 0 bridgehead atoms. The van der Waals surface area contributed by atoms with Gasteiger partial charge in [-0.15, -0.1) is 12.4 Å². The zero-order valence-corrected chi connectivity index (χ0v) is 11.9. The lowest BCUT2D eigenvalue weighted by Crippen LogP contribution is -2.44. The molecular weight excluding hydrogens is 271 g/mol. The van der Waals surface area contributed by atoms with Crippen molar-refractivity contribution in [1.82, 2.24) is 5.32 Å². The van der Waals surface area contributed by atoms with Crippen molar-refractivity contribution >= 4 is 18.3 Å². The van der Waals surface area contributed by atoms with Gasteiger partial charge in [0.05, 0.1) is 6.61 Å². The van der Waals surface area contributed by atoms with E-state index in [9.17, 15) is 9.18 Å². The second-order valence-corrected chi connectivity index (χ2v) is 4.17. The van der Waals surface area contributed by atoms with Gasteiger partial charge in [0.25, 0.3) is 0 Å². The number of carbonyl (C=O) groups is 1. The Balaban J connectivity index is 0.00000324. The zero-order valence-electron chi connectivity index (χ0n) is 11.1. The first-order chi connectivity index (χ1) is 8.54. The van der Waals surface area contributed by atoms with Crippen LogP contribution in [0.4, 0.5) is 4.39 Å². The molecule has 0 heterocycles. The zero-order chi connectivity index (χ0) is 13.5. The van der Waals surface area contributed by atoms with Crippen LogP contribution in [0.2, 0.25) is 0 Å². The lowest BCUT2D eigenvalue weighted by molar-refractivity contribution is -0.123. The molecule has 0 aromatic heterocycles. The Labute approximate surface area is 118 Å². The number of halogens is 2. The van der Waals surface area contributed by atoms with Crippen LogP contribution in [-0.2, 0) is 16.0 Å². The van der Waals surface area contributed by atoms with Gasteiger partial charge in [0, 0.05) is 13.7 Å². The SMILES string of the molecule is COCC(N)C(=O)NCCc1ccc(F)cc1C.Cl. The molecule has 0 saturated heterocycles. The standard InChI is InChI=1S/C13H19FN2O2.ClH/c1-9-7-11(14)4-3-10(9)5-6-16-13(17)12(15)8-18-2;/h3-4,7,12H,5-6,8,15H2,1-2H3,(H,16,17);1H. The van der Waals surface area contributed by atoms with Crippen LogP contribution in [0.15, 0.2) is 18.2 Å². The number of aryl methyl sites for hydroxylation is 1. The summed E-state index contributed by atoms with van der Waals surface area (Å²) < 4.78 is 17.7. The summed E-state index contributed by atoms with van der Waals surface area (Å²) in [5.74, 6) is -0.487. The third-order valence-corrected chi connectivity index (χ3v) is 2.68. The van der Waals surface area contributed by atoms with E-state index in [0.29, 0.717) is 13.0 Å². The highest BCUT2D eigenvalue weighted by Gasteiger charge is 2.12. The predicted molar refractivity (Wildman–Crippen MR) is 75.0 cm³/mol. The van der Waals surface area contributed by atoms with Gasteiger partial charge in [-0.3, -0.25) is 4.79 Å². The summed E-state index contributed by atoms with van der Waals surface area (Å²) in [5, 5.41) is 2.72. The number of nitrogens with one attached hydrogen (secondary N) is 1. The molecule has 108 valence electrons. The summed E-state index contributed by atoms with van der Waals surface area (Å²) in [7, 11) is 1.50. The molecule has 1 atom stereocenters. The van der Waals surface area contributed by atoms with Crippen LogP contribution in [-0.4, -0.2) is 32.2 Å². The molecule has 1 aromatic rings. The molecule has 0 spiro atoms. The number of nitrogens with two attached hydrogens (primary N) is 1. The van der Waals surface area contributed by atoms with Crippen LogP contribution in [0.3, 0.4) is 0 Å². The highest BCUT2D eigenvalue weighted by molar-refractivity contribution is 5.85. The smallest absolute Gasteiger partial charge is 0.239 e. The van der Waals surface area contributed by atoms with Crippen molar-refractivity contribution in [3.63, 3.8) is 0 Å². The summed E-state index contributed by atoms with van der Waals surface area (Å²) in [4.78, 5) is 11.5. The number of amides is 1. The monoisotopic (exact) mass is 290 g/mol. The Hall–Kier alpha value is -1.17. The van der Waals surface area contributed by atoms with Crippen LogP contribution >= 0.6 is 12.4 Å². The largest absolute Gasteiger partial charge is 0.383 e. The molecule has 1 aromatic carbocycles. The lowest BCUT2D eigenvalue weighted by atomic mass is 10.1. The molecule has 0 aliphatic carbocycles.